The third-order valence-corrected chi connectivity index (χ3v) is 4.40. The van der Waals surface area contributed by atoms with Gasteiger partial charge in [0.05, 0.1) is 20.1 Å². The van der Waals surface area contributed by atoms with Crippen molar-refractivity contribution in [3.05, 3.63) is 54.6 Å². The van der Waals surface area contributed by atoms with Crippen LogP contribution < -0.4 is 14.4 Å². The second kappa shape index (κ2) is 8.42. The minimum absolute atomic E-state index is 0.154. The van der Waals surface area contributed by atoms with E-state index in [1.807, 2.05) is 47.4 Å². The first-order chi connectivity index (χ1) is 12.3. The lowest BCUT2D eigenvalue weighted by Crippen LogP contribution is -2.49. The molecule has 0 N–H and O–H groups in total. The number of anilines is 1. The van der Waals surface area contributed by atoms with Gasteiger partial charge >= 0.3 is 0 Å². The van der Waals surface area contributed by atoms with Crippen LogP contribution in [0.4, 0.5) is 5.69 Å². The summed E-state index contributed by atoms with van der Waals surface area (Å²) in [6.07, 6.45) is 0.400. The molecule has 0 aliphatic carbocycles. The third kappa shape index (κ3) is 4.66. The van der Waals surface area contributed by atoms with E-state index < -0.39 is 0 Å². The number of piperazine rings is 1. The van der Waals surface area contributed by atoms with Crippen LogP contribution in [0.15, 0.2) is 54.6 Å². The molecule has 1 fully saturated rings. The van der Waals surface area contributed by atoms with Crippen molar-refractivity contribution in [2.45, 2.75) is 6.42 Å². The quantitative estimate of drug-likeness (QED) is 0.811. The van der Waals surface area contributed by atoms with Crippen LogP contribution in [0.2, 0.25) is 0 Å². The molecule has 25 heavy (non-hydrogen) atoms. The summed E-state index contributed by atoms with van der Waals surface area (Å²) in [4.78, 5) is 16.6. The molecule has 3 rings (SSSR count). The van der Waals surface area contributed by atoms with Gasteiger partial charge in [-0.05, 0) is 36.4 Å². The van der Waals surface area contributed by atoms with Gasteiger partial charge in [-0.1, -0.05) is 18.2 Å². The van der Waals surface area contributed by atoms with Crippen LogP contribution in [-0.4, -0.2) is 50.7 Å². The van der Waals surface area contributed by atoms with E-state index in [2.05, 4.69) is 17.0 Å². The zero-order chi connectivity index (χ0) is 17.5. The maximum atomic E-state index is 12.3. The number of ether oxygens (including phenoxy) is 2. The number of benzene rings is 2. The van der Waals surface area contributed by atoms with Crippen LogP contribution in [0.5, 0.6) is 11.5 Å². The highest BCUT2D eigenvalue weighted by atomic mass is 16.5. The van der Waals surface area contributed by atoms with E-state index in [9.17, 15) is 4.79 Å². The van der Waals surface area contributed by atoms with Crippen molar-refractivity contribution >= 4 is 11.6 Å². The van der Waals surface area contributed by atoms with Crippen molar-refractivity contribution < 1.29 is 14.3 Å². The molecular formula is C20H24N2O3. The molecule has 1 heterocycles. The van der Waals surface area contributed by atoms with E-state index in [1.165, 1.54) is 5.69 Å². The molecule has 0 bridgehead atoms. The Hall–Kier alpha value is -2.69. The highest BCUT2D eigenvalue weighted by Gasteiger charge is 2.20. The molecule has 1 saturated heterocycles. The number of para-hydroxylation sites is 1. The summed E-state index contributed by atoms with van der Waals surface area (Å²) in [5.41, 5.74) is 1.22. The molecule has 5 heteroatoms. The number of methoxy groups -OCH3 is 1. The maximum Gasteiger partial charge on any atom is 0.226 e. The van der Waals surface area contributed by atoms with E-state index in [0.29, 0.717) is 13.0 Å². The summed E-state index contributed by atoms with van der Waals surface area (Å²) in [5, 5.41) is 0. The van der Waals surface area contributed by atoms with Gasteiger partial charge in [0, 0.05) is 31.9 Å². The van der Waals surface area contributed by atoms with E-state index in [4.69, 9.17) is 9.47 Å². The van der Waals surface area contributed by atoms with Crippen LogP contribution in [0, 0.1) is 0 Å². The topological polar surface area (TPSA) is 42.0 Å². The standard InChI is InChI=1S/C20H24N2O3/c1-24-18-7-9-19(10-8-18)25-16-11-20(23)22-14-12-21(13-15-22)17-5-3-2-4-6-17/h2-10H,11-16H2,1H3. The molecule has 1 amide bonds. The van der Waals surface area contributed by atoms with Gasteiger partial charge in [0.25, 0.3) is 0 Å². The zero-order valence-corrected chi connectivity index (χ0v) is 14.6. The largest absolute Gasteiger partial charge is 0.497 e. The third-order valence-electron chi connectivity index (χ3n) is 4.40. The summed E-state index contributed by atoms with van der Waals surface area (Å²) in [6.45, 7) is 3.65. The van der Waals surface area contributed by atoms with Crippen LogP contribution in [0.1, 0.15) is 6.42 Å². The first-order valence-corrected chi connectivity index (χ1v) is 8.61. The maximum absolute atomic E-state index is 12.3. The predicted octanol–water partition coefficient (Wildman–Crippen LogP) is 2.81. The first-order valence-electron chi connectivity index (χ1n) is 8.61. The van der Waals surface area contributed by atoms with Crippen molar-refractivity contribution in [3.8, 4) is 11.5 Å². The average molecular weight is 340 g/mol. The van der Waals surface area contributed by atoms with E-state index in [-0.39, 0.29) is 5.91 Å². The lowest BCUT2D eigenvalue weighted by molar-refractivity contribution is -0.132. The molecule has 0 unspecified atom stereocenters. The van der Waals surface area contributed by atoms with Crippen molar-refractivity contribution in [2.75, 3.05) is 44.8 Å². The Labute approximate surface area is 148 Å². The van der Waals surface area contributed by atoms with Gasteiger partial charge in [0.15, 0.2) is 0 Å². The Bertz CT molecular complexity index is 665. The fourth-order valence-corrected chi connectivity index (χ4v) is 2.94. The number of hydrogen-bond acceptors (Lipinski definition) is 4. The van der Waals surface area contributed by atoms with Crippen molar-refractivity contribution in [1.29, 1.82) is 0 Å². The number of amides is 1. The van der Waals surface area contributed by atoms with Gasteiger partial charge in [0.2, 0.25) is 5.91 Å². The number of rotatable bonds is 6. The van der Waals surface area contributed by atoms with Gasteiger partial charge in [-0.15, -0.1) is 0 Å². The molecule has 0 saturated carbocycles. The van der Waals surface area contributed by atoms with Gasteiger partial charge in [-0.3, -0.25) is 4.79 Å². The second-order valence-corrected chi connectivity index (χ2v) is 5.98. The van der Waals surface area contributed by atoms with Crippen molar-refractivity contribution in [3.63, 3.8) is 0 Å². The minimum Gasteiger partial charge on any atom is -0.497 e. The van der Waals surface area contributed by atoms with Crippen LogP contribution in [0.3, 0.4) is 0 Å². The highest BCUT2D eigenvalue weighted by molar-refractivity contribution is 5.76. The second-order valence-electron chi connectivity index (χ2n) is 5.98. The lowest BCUT2D eigenvalue weighted by atomic mass is 10.2. The molecule has 1 aliphatic rings. The molecule has 0 atom stereocenters. The molecule has 5 nitrogen and oxygen atoms in total. The molecule has 2 aromatic rings. The number of nitrogens with zero attached hydrogens (tertiary/aromatic N) is 2. The Morgan fingerprint density at radius 3 is 2.20 bits per heavy atom. The smallest absolute Gasteiger partial charge is 0.226 e. The molecule has 2 aromatic carbocycles. The van der Waals surface area contributed by atoms with E-state index in [1.54, 1.807) is 7.11 Å². The zero-order valence-electron chi connectivity index (χ0n) is 14.6. The van der Waals surface area contributed by atoms with Crippen LogP contribution in [-0.2, 0) is 4.79 Å². The van der Waals surface area contributed by atoms with Crippen LogP contribution in [0.25, 0.3) is 0 Å². The molecular weight excluding hydrogens is 316 g/mol. The molecule has 1 aliphatic heterocycles. The molecule has 132 valence electrons. The Morgan fingerprint density at radius 1 is 0.920 bits per heavy atom. The Balaban J connectivity index is 1.40. The van der Waals surface area contributed by atoms with Gasteiger partial charge in [-0.2, -0.15) is 0 Å². The van der Waals surface area contributed by atoms with Gasteiger partial charge in [0.1, 0.15) is 11.5 Å². The first kappa shape index (κ1) is 17.1. The molecule has 0 aromatic heterocycles. The Kier molecular flexibility index (Phi) is 5.77. The van der Waals surface area contributed by atoms with E-state index in [0.717, 1.165) is 37.7 Å². The summed E-state index contributed by atoms with van der Waals surface area (Å²) in [5.74, 6) is 1.70. The minimum atomic E-state index is 0.154. The monoisotopic (exact) mass is 340 g/mol. The number of carbonyl (C=O) groups excluding carboxylic acids is 1. The summed E-state index contributed by atoms with van der Waals surface area (Å²) in [6, 6.07) is 17.7. The van der Waals surface area contributed by atoms with Gasteiger partial charge in [-0.25, -0.2) is 0 Å². The predicted molar refractivity (Wildman–Crippen MR) is 98.3 cm³/mol. The van der Waals surface area contributed by atoms with Crippen LogP contribution >= 0.6 is 0 Å². The number of hydrogen-bond donors (Lipinski definition) is 0. The average Bonchev–Trinajstić information content (AvgIpc) is 2.69. The number of carbonyl (C=O) groups is 1. The van der Waals surface area contributed by atoms with E-state index >= 15 is 0 Å². The SMILES string of the molecule is COc1ccc(OCCC(=O)N2CCN(c3ccccc3)CC2)cc1. The fraction of sp³-hybridized carbons (Fsp3) is 0.350. The molecule has 0 spiro atoms. The summed E-state index contributed by atoms with van der Waals surface area (Å²) in [7, 11) is 1.63. The van der Waals surface area contributed by atoms with Crippen molar-refractivity contribution in [2.24, 2.45) is 0 Å². The lowest BCUT2D eigenvalue weighted by Gasteiger charge is -2.36. The molecule has 0 radical (unpaired) electrons. The summed E-state index contributed by atoms with van der Waals surface area (Å²) < 4.78 is 10.8. The highest BCUT2D eigenvalue weighted by Crippen LogP contribution is 2.18. The van der Waals surface area contributed by atoms with Gasteiger partial charge < -0.3 is 19.3 Å². The fourth-order valence-electron chi connectivity index (χ4n) is 2.94. The normalized spacial score (nSPS) is 14.3. The Morgan fingerprint density at radius 2 is 1.56 bits per heavy atom. The van der Waals surface area contributed by atoms with Crippen molar-refractivity contribution in [1.82, 2.24) is 4.90 Å². The summed E-state index contributed by atoms with van der Waals surface area (Å²) >= 11 is 0.